The summed E-state index contributed by atoms with van der Waals surface area (Å²) in [5, 5.41) is 3.24. The predicted octanol–water partition coefficient (Wildman–Crippen LogP) is 1.83. The van der Waals surface area contributed by atoms with Crippen LogP contribution < -0.4 is 11.1 Å². The fourth-order valence-electron chi connectivity index (χ4n) is 2.12. The highest BCUT2D eigenvalue weighted by Crippen LogP contribution is 2.22. The third-order valence-electron chi connectivity index (χ3n) is 2.67. The Labute approximate surface area is 86.5 Å². The first-order chi connectivity index (χ1) is 6.60. The van der Waals surface area contributed by atoms with Crippen LogP contribution in [0.25, 0.3) is 0 Å². The molecule has 3 N–H and O–H groups in total. The minimum atomic E-state index is 0.274. The van der Waals surface area contributed by atoms with Crippen molar-refractivity contribution in [3.05, 3.63) is 34.4 Å². The van der Waals surface area contributed by atoms with Crippen LogP contribution in [-0.4, -0.2) is 13.6 Å². The molecule has 0 aliphatic heterocycles. The van der Waals surface area contributed by atoms with E-state index in [0.717, 1.165) is 0 Å². The molecule has 0 amide bonds. The highest BCUT2D eigenvalue weighted by molar-refractivity contribution is 5.39. The summed E-state index contributed by atoms with van der Waals surface area (Å²) in [7, 11) is 1.95. The molecule has 1 aromatic carbocycles. The van der Waals surface area contributed by atoms with Crippen molar-refractivity contribution in [3.8, 4) is 0 Å². The highest BCUT2D eigenvalue weighted by atomic mass is 14.9. The van der Waals surface area contributed by atoms with Gasteiger partial charge >= 0.3 is 0 Å². The van der Waals surface area contributed by atoms with Gasteiger partial charge in [0.05, 0.1) is 0 Å². The Hall–Kier alpha value is -0.860. The maximum Gasteiger partial charge on any atom is 0.0447 e. The molecule has 0 aromatic heterocycles. The Balaban J connectivity index is 3.19. The van der Waals surface area contributed by atoms with E-state index in [1.54, 1.807) is 0 Å². The zero-order valence-corrected chi connectivity index (χ0v) is 9.52. The predicted molar refractivity (Wildman–Crippen MR) is 61.5 cm³/mol. The molecule has 78 valence electrons. The van der Waals surface area contributed by atoms with Gasteiger partial charge in [0, 0.05) is 12.6 Å². The fourth-order valence-corrected chi connectivity index (χ4v) is 2.12. The van der Waals surface area contributed by atoms with Gasteiger partial charge in [-0.2, -0.15) is 0 Å². The summed E-state index contributed by atoms with van der Waals surface area (Å²) in [6.07, 6.45) is 0. The van der Waals surface area contributed by atoms with Crippen LogP contribution in [0.3, 0.4) is 0 Å². The van der Waals surface area contributed by atoms with E-state index in [-0.39, 0.29) is 6.04 Å². The molecule has 1 rings (SSSR count). The van der Waals surface area contributed by atoms with E-state index in [1.165, 1.54) is 22.3 Å². The summed E-state index contributed by atoms with van der Waals surface area (Å²) in [5.74, 6) is 0. The van der Waals surface area contributed by atoms with Gasteiger partial charge in [0.2, 0.25) is 0 Å². The number of hydrogen-bond acceptors (Lipinski definition) is 2. The molecule has 0 bridgehead atoms. The molecule has 1 unspecified atom stereocenters. The van der Waals surface area contributed by atoms with Gasteiger partial charge in [-0.25, -0.2) is 0 Å². The smallest absolute Gasteiger partial charge is 0.0447 e. The third-order valence-corrected chi connectivity index (χ3v) is 2.67. The molecule has 2 heteroatoms. The Morgan fingerprint density at radius 1 is 1.21 bits per heavy atom. The number of nitrogens with two attached hydrogens (primary N) is 1. The second-order valence-corrected chi connectivity index (χ2v) is 3.89. The zero-order chi connectivity index (χ0) is 10.7. The van der Waals surface area contributed by atoms with Crippen LogP contribution in [0.5, 0.6) is 0 Å². The van der Waals surface area contributed by atoms with Crippen molar-refractivity contribution in [1.82, 2.24) is 5.32 Å². The number of likely N-dealkylation sites (N-methyl/N-ethyl adjacent to an activating group) is 1. The number of rotatable bonds is 3. The first kappa shape index (κ1) is 11.2. The van der Waals surface area contributed by atoms with E-state index in [2.05, 4.69) is 38.2 Å². The second kappa shape index (κ2) is 4.58. The molecular weight excluding hydrogens is 172 g/mol. The van der Waals surface area contributed by atoms with Crippen LogP contribution in [0.1, 0.15) is 28.3 Å². The van der Waals surface area contributed by atoms with Gasteiger partial charge in [0.15, 0.2) is 0 Å². The number of hydrogen-bond donors (Lipinski definition) is 2. The standard InChI is InChI=1S/C12H20N2/c1-8-5-9(2)12(10(3)6-8)11(7-13)14-4/h5-6,11,14H,7,13H2,1-4H3. The Bertz CT molecular complexity index is 291. The minimum Gasteiger partial charge on any atom is -0.329 e. The van der Waals surface area contributed by atoms with Crippen LogP contribution in [-0.2, 0) is 0 Å². The largest absolute Gasteiger partial charge is 0.329 e. The van der Waals surface area contributed by atoms with Crippen molar-refractivity contribution in [2.75, 3.05) is 13.6 Å². The Morgan fingerprint density at radius 2 is 1.71 bits per heavy atom. The maximum atomic E-state index is 5.73. The molecule has 0 saturated carbocycles. The summed E-state index contributed by atoms with van der Waals surface area (Å²) in [6, 6.07) is 4.69. The SMILES string of the molecule is CNC(CN)c1c(C)cc(C)cc1C. The van der Waals surface area contributed by atoms with E-state index in [9.17, 15) is 0 Å². The average molecular weight is 192 g/mol. The second-order valence-electron chi connectivity index (χ2n) is 3.89. The molecule has 0 spiro atoms. The Kier molecular flexibility index (Phi) is 3.67. The van der Waals surface area contributed by atoms with Gasteiger partial charge in [-0.3, -0.25) is 0 Å². The van der Waals surface area contributed by atoms with E-state index < -0.39 is 0 Å². The number of nitrogens with one attached hydrogen (secondary N) is 1. The summed E-state index contributed by atoms with van der Waals surface area (Å²) in [6.45, 7) is 7.06. The number of benzene rings is 1. The minimum absolute atomic E-state index is 0.274. The van der Waals surface area contributed by atoms with E-state index in [1.807, 2.05) is 7.05 Å². The molecule has 0 radical (unpaired) electrons. The molecule has 14 heavy (non-hydrogen) atoms. The molecule has 0 heterocycles. The molecule has 0 fully saturated rings. The quantitative estimate of drug-likeness (QED) is 0.766. The van der Waals surface area contributed by atoms with Crippen molar-refractivity contribution in [1.29, 1.82) is 0 Å². The summed E-state index contributed by atoms with van der Waals surface area (Å²) >= 11 is 0. The van der Waals surface area contributed by atoms with Crippen molar-refractivity contribution in [2.24, 2.45) is 5.73 Å². The molecule has 1 atom stereocenters. The molecule has 1 aromatic rings. The molecule has 2 nitrogen and oxygen atoms in total. The monoisotopic (exact) mass is 192 g/mol. The van der Waals surface area contributed by atoms with Gasteiger partial charge in [0.1, 0.15) is 0 Å². The van der Waals surface area contributed by atoms with Gasteiger partial charge in [-0.1, -0.05) is 17.7 Å². The first-order valence-electron chi connectivity index (χ1n) is 5.05. The summed E-state index contributed by atoms with van der Waals surface area (Å²) in [5.41, 5.74) is 11.0. The van der Waals surface area contributed by atoms with Crippen LogP contribution in [0.2, 0.25) is 0 Å². The highest BCUT2D eigenvalue weighted by Gasteiger charge is 2.12. The molecule has 0 aliphatic rings. The van der Waals surface area contributed by atoms with Crippen LogP contribution in [0, 0.1) is 20.8 Å². The fraction of sp³-hybridized carbons (Fsp3) is 0.500. The lowest BCUT2D eigenvalue weighted by molar-refractivity contribution is 0.599. The van der Waals surface area contributed by atoms with E-state index in [4.69, 9.17) is 5.73 Å². The van der Waals surface area contributed by atoms with Crippen LogP contribution in [0.15, 0.2) is 12.1 Å². The lowest BCUT2D eigenvalue weighted by atomic mass is 9.94. The van der Waals surface area contributed by atoms with Crippen molar-refractivity contribution in [2.45, 2.75) is 26.8 Å². The third kappa shape index (κ3) is 2.14. The average Bonchev–Trinajstić information content (AvgIpc) is 2.10. The van der Waals surface area contributed by atoms with E-state index in [0.29, 0.717) is 6.54 Å². The lowest BCUT2D eigenvalue weighted by Crippen LogP contribution is -2.26. The van der Waals surface area contributed by atoms with Crippen LogP contribution in [0.4, 0.5) is 0 Å². The molecule has 0 saturated heterocycles. The van der Waals surface area contributed by atoms with Crippen molar-refractivity contribution < 1.29 is 0 Å². The van der Waals surface area contributed by atoms with Gasteiger partial charge in [-0.15, -0.1) is 0 Å². The maximum absolute atomic E-state index is 5.73. The molecule has 0 aliphatic carbocycles. The first-order valence-corrected chi connectivity index (χ1v) is 5.05. The van der Waals surface area contributed by atoms with Crippen molar-refractivity contribution >= 4 is 0 Å². The number of aryl methyl sites for hydroxylation is 3. The van der Waals surface area contributed by atoms with E-state index >= 15 is 0 Å². The van der Waals surface area contributed by atoms with Crippen molar-refractivity contribution in [3.63, 3.8) is 0 Å². The van der Waals surface area contributed by atoms with Gasteiger partial charge in [-0.05, 0) is 44.5 Å². The zero-order valence-electron chi connectivity index (χ0n) is 9.52. The summed E-state index contributed by atoms with van der Waals surface area (Å²) in [4.78, 5) is 0. The topological polar surface area (TPSA) is 38.0 Å². The van der Waals surface area contributed by atoms with Gasteiger partial charge < -0.3 is 11.1 Å². The Morgan fingerprint density at radius 3 is 2.07 bits per heavy atom. The molecular formula is C12H20N2. The van der Waals surface area contributed by atoms with Gasteiger partial charge in [0.25, 0.3) is 0 Å². The lowest BCUT2D eigenvalue weighted by Gasteiger charge is -2.20. The normalized spacial score (nSPS) is 12.9. The summed E-state index contributed by atoms with van der Waals surface area (Å²) < 4.78 is 0. The van der Waals surface area contributed by atoms with Crippen LogP contribution >= 0.6 is 0 Å².